The lowest BCUT2D eigenvalue weighted by Gasteiger charge is -2.10. The average molecular weight is 380 g/mol. The average Bonchev–Trinajstić information content (AvgIpc) is 3.40. The Kier molecular flexibility index (Phi) is 5.33. The van der Waals surface area contributed by atoms with Crippen molar-refractivity contribution >= 4 is 15.9 Å². The molecule has 0 radical (unpaired) electrons. The predicted molar refractivity (Wildman–Crippen MR) is 92.2 cm³/mol. The van der Waals surface area contributed by atoms with Gasteiger partial charge in [0.2, 0.25) is 10.0 Å². The summed E-state index contributed by atoms with van der Waals surface area (Å²) < 4.78 is 54.2. The maximum atomic E-state index is 13.9. The molecular formula is C18H18F2N2O3S. The van der Waals surface area contributed by atoms with Crippen LogP contribution in [0.4, 0.5) is 8.78 Å². The van der Waals surface area contributed by atoms with Gasteiger partial charge in [0.1, 0.15) is 16.5 Å². The van der Waals surface area contributed by atoms with E-state index in [0.717, 1.165) is 25.0 Å². The van der Waals surface area contributed by atoms with Gasteiger partial charge in [0, 0.05) is 18.2 Å². The minimum absolute atomic E-state index is 0.0242. The molecule has 1 amide bonds. The normalized spacial score (nSPS) is 14.2. The van der Waals surface area contributed by atoms with Gasteiger partial charge in [0.15, 0.2) is 0 Å². The fourth-order valence-corrected chi connectivity index (χ4v) is 3.86. The molecule has 0 unspecified atom stereocenters. The van der Waals surface area contributed by atoms with Crippen molar-refractivity contribution in [2.45, 2.75) is 30.2 Å². The van der Waals surface area contributed by atoms with Gasteiger partial charge < -0.3 is 5.32 Å². The summed E-state index contributed by atoms with van der Waals surface area (Å²) in [5, 5.41) is 2.58. The fraction of sp³-hybridized carbons (Fsp3) is 0.278. The summed E-state index contributed by atoms with van der Waals surface area (Å²) >= 11 is 0. The van der Waals surface area contributed by atoms with Crippen molar-refractivity contribution in [2.24, 2.45) is 0 Å². The minimum Gasteiger partial charge on any atom is -0.352 e. The van der Waals surface area contributed by atoms with Crippen molar-refractivity contribution in [3.63, 3.8) is 0 Å². The summed E-state index contributed by atoms with van der Waals surface area (Å²) in [5.74, 6) is -1.83. The van der Waals surface area contributed by atoms with Crippen LogP contribution in [0.25, 0.3) is 0 Å². The molecule has 1 fully saturated rings. The van der Waals surface area contributed by atoms with E-state index in [1.165, 1.54) is 12.1 Å². The number of benzene rings is 2. The van der Waals surface area contributed by atoms with E-state index in [4.69, 9.17) is 0 Å². The van der Waals surface area contributed by atoms with Crippen molar-refractivity contribution in [1.29, 1.82) is 0 Å². The van der Waals surface area contributed by atoms with Gasteiger partial charge >= 0.3 is 0 Å². The smallest absolute Gasteiger partial charge is 0.251 e. The minimum atomic E-state index is -4.01. The number of rotatable bonds is 7. The Morgan fingerprint density at radius 3 is 2.50 bits per heavy atom. The number of carbonyl (C=O) groups excluding carboxylic acids is 1. The molecule has 138 valence electrons. The third kappa shape index (κ3) is 4.44. The van der Waals surface area contributed by atoms with Gasteiger partial charge in [-0.2, -0.15) is 0 Å². The van der Waals surface area contributed by atoms with Gasteiger partial charge in [0.05, 0.1) is 0 Å². The highest BCUT2D eigenvalue weighted by Gasteiger charge is 2.30. The van der Waals surface area contributed by atoms with E-state index in [9.17, 15) is 22.0 Å². The molecule has 1 aliphatic rings. The lowest BCUT2D eigenvalue weighted by atomic mass is 10.1. The molecule has 0 aromatic heterocycles. The van der Waals surface area contributed by atoms with E-state index in [1.54, 1.807) is 18.2 Å². The number of nitrogens with one attached hydrogen (secondary N) is 2. The molecule has 0 heterocycles. The van der Waals surface area contributed by atoms with Crippen LogP contribution in [0.3, 0.4) is 0 Å². The Hall–Kier alpha value is -2.32. The van der Waals surface area contributed by atoms with Crippen LogP contribution in [0.15, 0.2) is 47.4 Å². The highest BCUT2D eigenvalue weighted by molar-refractivity contribution is 7.89. The second-order valence-electron chi connectivity index (χ2n) is 6.14. The first kappa shape index (κ1) is 18.5. The summed E-state index contributed by atoms with van der Waals surface area (Å²) in [6, 6.07) is 9.24. The van der Waals surface area contributed by atoms with E-state index in [1.807, 2.05) is 0 Å². The molecule has 2 aromatic carbocycles. The zero-order valence-electron chi connectivity index (χ0n) is 13.8. The second kappa shape index (κ2) is 7.51. The van der Waals surface area contributed by atoms with Crippen LogP contribution in [0.5, 0.6) is 0 Å². The molecule has 0 aliphatic heterocycles. The lowest BCUT2D eigenvalue weighted by molar-refractivity contribution is 0.0953. The number of halogens is 2. The predicted octanol–water partition coefficient (Wildman–Crippen LogP) is 2.38. The van der Waals surface area contributed by atoms with Crippen molar-refractivity contribution in [1.82, 2.24) is 10.0 Å². The summed E-state index contributed by atoms with van der Waals surface area (Å²) in [6.07, 6.45) is 1.72. The second-order valence-corrected chi connectivity index (χ2v) is 7.82. The Morgan fingerprint density at radius 1 is 1.08 bits per heavy atom. The summed E-state index contributed by atoms with van der Waals surface area (Å²) in [4.78, 5) is 11.7. The maximum absolute atomic E-state index is 13.9. The zero-order valence-corrected chi connectivity index (χ0v) is 14.7. The summed E-state index contributed by atoms with van der Waals surface area (Å²) in [6.45, 7) is 0.166. The molecule has 5 nitrogen and oxygen atoms in total. The Labute approximate surface area is 150 Å². The number of sulfonamides is 1. The molecule has 3 rings (SSSR count). The van der Waals surface area contributed by atoms with Gasteiger partial charge in [-0.15, -0.1) is 0 Å². The van der Waals surface area contributed by atoms with Crippen LogP contribution < -0.4 is 10.0 Å². The van der Waals surface area contributed by atoms with E-state index in [2.05, 4.69) is 10.0 Å². The van der Waals surface area contributed by atoms with Crippen LogP contribution >= 0.6 is 0 Å². The highest BCUT2D eigenvalue weighted by Crippen LogP contribution is 2.24. The molecular weight excluding hydrogens is 362 g/mol. The van der Waals surface area contributed by atoms with Crippen molar-refractivity contribution < 1.29 is 22.0 Å². The Bertz CT molecular complexity index is 928. The van der Waals surface area contributed by atoms with Crippen molar-refractivity contribution in [2.75, 3.05) is 6.54 Å². The standard InChI is InChI=1S/C18H18F2N2O3S/c19-15-4-2-1-3-12(15)9-10-21-18(23)13-5-8-16(20)17(11-13)26(24,25)22-14-6-7-14/h1-5,8,11,14,22H,6-7,9-10H2,(H,21,23). The SMILES string of the molecule is O=C(NCCc1ccccc1F)c1ccc(F)c(S(=O)(=O)NC2CC2)c1. The van der Waals surface area contributed by atoms with Gasteiger partial charge in [-0.1, -0.05) is 18.2 Å². The maximum Gasteiger partial charge on any atom is 0.251 e. The molecule has 2 N–H and O–H groups in total. The van der Waals surface area contributed by atoms with E-state index < -0.39 is 26.6 Å². The van der Waals surface area contributed by atoms with Gasteiger partial charge in [-0.05, 0) is 49.1 Å². The van der Waals surface area contributed by atoms with Gasteiger partial charge in [-0.3, -0.25) is 4.79 Å². The molecule has 8 heteroatoms. The van der Waals surface area contributed by atoms with Crippen LogP contribution in [0.2, 0.25) is 0 Å². The van der Waals surface area contributed by atoms with Crippen molar-refractivity contribution in [3.8, 4) is 0 Å². The third-order valence-electron chi connectivity index (χ3n) is 4.02. The molecule has 1 aliphatic carbocycles. The van der Waals surface area contributed by atoms with Crippen LogP contribution in [-0.4, -0.2) is 26.9 Å². The molecule has 1 saturated carbocycles. The van der Waals surface area contributed by atoms with E-state index >= 15 is 0 Å². The third-order valence-corrected chi connectivity index (χ3v) is 5.56. The Morgan fingerprint density at radius 2 is 1.81 bits per heavy atom. The van der Waals surface area contributed by atoms with Gasteiger partial charge in [-0.25, -0.2) is 21.9 Å². The van der Waals surface area contributed by atoms with E-state index in [-0.39, 0.29) is 30.4 Å². The molecule has 2 aromatic rings. The Balaban J connectivity index is 1.67. The van der Waals surface area contributed by atoms with Crippen LogP contribution in [0.1, 0.15) is 28.8 Å². The van der Waals surface area contributed by atoms with Crippen LogP contribution in [-0.2, 0) is 16.4 Å². The topological polar surface area (TPSA) is 75.3 Å². The molecule has 0 spiro atoms. The quantitative estimate of drug-likeness (QED) is 0.774. The lowest BCUT2D eigenvalue weighted by Crippen LogP contribution is -2.28. The van der Waals surface area contributed by atoms with Crippen LogP contribution in [0, 0.1) is 11.6 Å². The first-order valence-electron chi connectivity index (χ1n) is 8.20. The largest absolute Gasteiger partial charge is 0.352 e. The van der Waals surface area contributed by atoms with Gasteiger partial charge in [0.25, 0.3) is 5.91 Å². The molecule has 0 saturated heterocycles. The van der Waals surface area contributed by atoms with E-state index in [0.29, 0.717) is 5.56 Å². The van der Waals surface area contributed by atoms with Crippen molar-refractivity contribution in [3.05, 3.63) is 65.2 Å². The number of amides is 1. The highest BCUT2D eigenvalue weighted by atomic mass is 32.2. The number of hydrogen-bond donors (Lipinski definition) is 2. The fourth-order valence-electron chi connectivity index (χ4n) is 2.45. The molecule has 0 atom stereocenters. The first-order chi connectivity index (χ1) is 12.4. The zero-order chi connectivity index (χ0) is 18.7. The number of carbonyl (C=O) groups is 1. The number of hydrogen-bond acceptors (Lipinski definition) is 3. The molecule has 26 heavy (non-hydrogen) atoms. The molecule has 0 bridgehead atoms. The summed E-state index contributed by atoms with van der Waals surface area (Å²) in [7, 11) is -4.01. The monoisotopic (exact) mass is 380 g/mol. The first-order valence-corrected chi connectivity index (χ1v) is 9.68. The summed E-state index contributed by atoms with van der Waals surface area (Å²) in [5.41, 5.74) is 0.486.